The molecule has 86 valence electrons. The van der Waals surface area contributed by atoms with E-state index < -0.39 is 0 Å². The van der Waals surface area contributed by atoms with Crippen LogP contribution in [0.15, 0.2) is 0 Å². The molecule has 0 heterocycles. The van der Waals surface area contributed by atoms with Gasteiger partial charge in [0.05, 0.1) is 0 Å². The molecule has 4 rings (SSSR count). The van der Waals surface area contributed by atoms with Crippen LogP contribution in [0.3, 0.4) is 0 Å². The lowest BCUT2D eigenvalue weighted by molar-refractivity contribution is -0.119. The monoisotopic (exact) mass is 208 g/mol. The fourth-order valence-electron chi connectivity index (χ4n) is 5.59. The standard InChI is InChI=1S/C14H24O/c1-2-13-6-11-5-12(7-13)9-14(8-11,10-13)3-4-15/h11-12,15H,2-10H2,1H3/t11-,12-,13?,14?/m1/s1. The van der Waals surface area contributed by atoms with Crippen LogP contribution in [-0.4, -0.2) is 11.7 Å². The zero-order valence-corrected chi connectivity index (χ0v) is 9.97. The number of aliphatic hydroxyl groups excluding tert-OH is 1. The zero-order chi connectivity index (χ0) is 10.5. The Bertz CT molecular complexity index is 244. The molecule has 0 aromatic rings. The first-order valence-electron chi connectivity index (χ1n) is 6.80. The molecule has 0 aliphatic heterocycles. The fourth-order valence-corrected chi connectivity index (χ4v) is 5.59. The lowest BCUT2D eigenvalue weighted by Crippen LogP contribution is -2.51. The molecule has 1 nitrogen and oxygen atoms in total. The maximum Gasteiger partial charge on any atom is 0.0436 e. The van der Waals surface area contributed by atoms with Crippen LogP contribution in [0.1, 0.15) is 58.3 Å². The molecule has 0 saturated heterocycles. The van der Waals surface area contributed by atoms with E-state index in [0.717, 1.165) is 18.3 Å². The predicted molar refractivity (Wildman–Crippen MR) is 61.5 cm³/mol. The van der Waals surface area contributed by atoms with E-state index in [1.54, 1.807) is 0 Å². The third-order valence-corrected chi connectivity index (χ3v) is 5.70. The molecule has 2 atom stereocenters. The van der Waals surface area contributed by atoms with Gasteiger partial charge < -0.3 is 5.11 Å². The molecule has 0 radical (unpaired) electrons. The molecule has 4 fully saturated rings. The molecule has 1 heteroatoms. The molecule has 0 unspecified atom stereocenters. The van der Waals surface area contributed by atoms with Gasteiger partial charge >= 0.3 is 0 Å². The van der Waals surface area contributed by atoms with Crippen LogP contribution in [-0.2, 0) is 0 Å². The molecule has 4 aliphatic carbocycles. The first-order chi connectivity index (χ1) is 7.19. The Kier molecular flexibility index (Phi) is 2.18. The van der Waals surface area contributed by atoms with Crippen molar-refractivity contribution in [3.8, 4) is 0 Å². The van der Waals surface area contributed by atoms with Crippen LogP contribution >= 0.6 is 0 Å². The molecule has 0 amide bonds. The van der Waals surface area contributed by atoms with E-state index in [1.165, 1.54) is 44.9 Å². The van der Waals surface area contributed by atoms with Crippen molar-refractivity contribution in [1.29, 1.82) is 0 Å². The normalized spacial score (nSPS) is 52.4. The molecule has 4 saturated carbocycles. The Morgan fingerprint density at radius 1 is 1.07 bits per heavy atom. The second-order valence-corrected chi connectivity index (χ2v) is 6.79. The van der Waals surface area contributed by atoms with Gasteiger partial charge in [0.25, 0.3) is 0 Å². The highest BCUT2D eigenvalue weighted by Crippen LogP contribution is 2.67. The Morgan fingerprint density at radius 3 is 2.20 bits per heavy atom. The third-order valence-electron chi connectivity index (χ3n) is 5.70. The number of rotatable bonds is 3. The largest absolute Gasteiger partial charge is 0.396 e. The SMILES string of the molecule is CCC12C[C@H]3C[C@H](C1)CC(CCO)(C3)C2. The van der Waals surface area contributed by atoms with Gasteiger partial charge in [0.1, 0.15) is 0 Å². The van der Waals surface area contributed by atoms with Gasteiger partial charge in [-0.3, -0.25) is 0 Å². The zero-order valence-electron chi connectivity index (χ0n) is 9.97. The second-order valence-electron chi connectivity index (χ2n) is 6.79. The summed E-state index contributed by atoms with van der Waals surface area (Å²) in [6.45, 7) is 2.80. The molecule has 15 heavy (non-hydrogen) atoms. The third kappa shape index (κ3) is 1.46. The highest BCUT2D eigenvalue weighted by molar-refractivity contribution is 5.06. The summed E-state index contributed by atoms with van der Waals surface area (Å²) in [4.78, 5) is 0. The average molecular weight is 208 g/mol. The number of hydrogen-bond acceptors (Lipinski definition) is 1. The Morgan fingerprint density at radius 2 is 1.67 bits per heavy atom. The van der Waals surface area contributed by atoms with Crippen molar-refractivity contribution in [3.05, 3.63) is 0 Å². The summed E-state index contributed by atoms with van der Waals surface area (Å²) in [5, 5.41) is 9.28. The summed E-state index contributed by atoms with van der Waals surface area (Å²) in [5.74, 6) is 2.02. The first-order valence-corrected chi connectivity index (χ1v) is 6.80. The minimum absolute atomic E-state index is 0.416. The van der Waals surface area contributed by atoms with E-state index in [1.807, 2.05) is 0 Å². The minimum atomic E-state index is 0.416. The van der Waals surface area contributed by atoms with Gasteiger partial charge in [-0.15, -0.1) is 0 Å². The van der Waals surface area contributed by atoms with Gasteiger partial charge in [-0.05, 0) is 67.6 Å². The predicted octanol–water partition coefficient (Wildman–Crippen LogP) is 3.37. The second kappa shape index (κ2) is 3.23. The Labute approximate surface area is 93.3 Å². The molecule has 0 spiro atoms. The van der Waals surface area contributed by atoms with Crippen molar-refractivity contribution < 1.29 is 5.11 Å². The Hall–Kier alpha value is -0.0400. The van der Waals surface area contributed by atoms with Crippen LogP contribution < -0.4 is 0 Å². The molecule has 0 aromatic carbocycles. The number of aliphatic hydroxyl groups is 1. The summed E-state index contributed by atoms with van der Waals surface area (Å²) in [5.41, 5.74) is 1.26. The van der Waals surface area contributed by atoms with Gasteiger partial charge in [0, 0.05) is 6.61 Å². The summed E-state index contributed by atoms with van der Waals surface area (Å²) in [7, 11) is 0. The smallest absolute Gasteiger partial charge is 0.0436 e. The summed E-state index contributed by atoms with van der Waals surface area (Å²) >= 11 is 0. The topological polar surface area (TPSA) is 20.2 Å². The molecule has 1 N–H and O–H groups in total. The lowest BCUT2D eigenvalue weighted by atomic mass is 9.43. The summed E-state index contributed by atoms with van der Waals surface area (Å²) in [6.07, 6.45) is 11.3. The van der Waals surface area contributed by atoms with E-state index in [9.17, 15) is 5.11 Å². The van der Waals surface area contributed by atoms with Crippen LogP contribution in [0.4, 0.5) is 0 Å². The minimum Gasteiger partial charge on any atom is -0.396 e. The van der Waals surface area contributed by atoms with Crippen molar-refractivity contribution in [2.24, 2.45) is 22.7 Å². The molecule has 4 aliphatic rings. The van der Waals surface area contributed by atoms with Crippen molar-refractivity contribution in [2.75, 3.05) is 6.61 Å². The fraction of sp³-hybridized carbons (Fsp3) is 1.00. The molecular weight excluding hydrogens is 184 g/mol. The first kappa shape index (κ1) is 10.1. The van der Waals surface area contributed by atoms with Gasteiger partial charge in [-0.1, -0.05) is 13.3 Å². The van der Waals surface area contributed by atoms with E-state index in [0.29, 0.717) is 17.4 Å². The van der Waals surface area contributed by atoms with E-state index in [-0.39, 0.29) is 0 Å². The maximum atomic E-state index is 9.28. The van der Waals surface area contributed by atoms with Crippen LogP contribution in [0.5, 0.6) is 0 Å². The van der Waals surface area contributed by atoms with Gasteiger partial charge in [0.15, 0.2) is 0 Å². The molecule has 4 bridgehead atoms. The lowest BCUT2D eigenvalue weighted by Gasteiger charge is -2.62. The van der Waals surface area contributed by atoms with Crippen LogP contribution in [0.2, 0.25) is 0 Å². The van der Waals surface area contributed by atoms with Crippen LogP contribution in [0, 0.1) is 22.7 Å². The van der Waals surface area contributed by atoms with Crippen molar-refractivity contribution in [3.63, 3.8) is 0 Å². The van der Waals surface area contributed by atoms with Gasteiger partial charge in [-0.2, -0.15) is 0 Å². The van der Waals surface area contributed by atoms with E-state index >= 15 is 0 Å². The van der Waals surface area contributed by atoms with Crippen LogP contribution in [0.25, 0.3) is 0 Å². The van der Waals surface area contributed by atoms with Gasteiger partial charge in [0.2, 0.25) is 0 Å². The van der Waals surface area contributed by atoms with E-state index in [2.05, 4.69) is 6.92 Å². The van der Waals surface area contributed by atoms with Crippen molar-refractivity contribution >= 4 is 0 Å². The number of hydrogen-bond donors (Lipinski definition) is 1. The van der Waals surface area contributed by atoms with Crippen molar-refractivity contribution in [2.45, 2.75) is 58.3 Å². The van der Waals surface area contributed by atoms with Crippen molar-refractivity contribution in [1.82, 2.24) is 0 Å². The maximum absolute atomic E-state index is 9.28. The quantitative estimate of drug-likeness (QED) is 0.754. The highest BCUT2D eigenvalue weighted by atomic mass is 16.3. The molecular formula is C14H24O. The highest BCUT2D eigenvalue weighted by Gasteiger charge is 2.56. The summed E-state index contributed by atoms with van der Waals surface area (Å²) < 4.78 is 0. The molecule has 0 aromatic heterocycles. The Balaban J connectivity index is 1.88. The van der Waals surface area contributed by atoms with Gasteiger partial charge in [-0.25, -0.2) is 0 Å². The summed E-state index contributed by atoms with van der Waals surface area (Å²) in [6, 6.07) is 0. The van der Waals surface area contributed by atoms with E-state index in [4.69, 9.17) is 0 Å². The average Bonchev–Trinajstić information content (AvgIpc) is 2.15.